The Morgan fingerprint density at radius 2 is 1.89 bits per heavy atom. The fourth-order valence-corrected chi connectivity index (χ4v) is 2.94. The summed E-state index contributed by atoms with van der Waals surface area (Å²) >= 11 is 5.95. The summed E-state index contributed by atoms with van der Waals surface area (Å²) in [5.74, 6) is -0.997. The molecule has 0 atom stereocenters. The smallest absolute Gasteiger partial charge is 0.322 e. The van der Waals surface area contributed by atoms with E-state index in [1.165, 1.54) is 11.0 Å². The first-order chi connectivity index (χ1) is 13.0. The van der Waals surface area contributed by atoms with Gasteiger partial charge in [0.05, 0.1) is 5.92 Å². The monoisotopic (exact) mass is 390 g/mol. The molecular weight excluding hydrogens is 378 g/mol. The second-order valence-electron chi connectivity index (χ2n) is 6.10. The van der Waals surface area contributed by atoms with Crippen LogP contribution in [-0.2, 0) is 0 Å². The third kappa shape index (κ3) is 3.48. The molecule has 138 valence electrons. The van der Waals surface area contributed by atoms with Crippen molar-refractivity contribution in [3.63, 3.8) is 0 Å². The Labute approximate surface area is 157 Å². The Kier molecular flexibility index (Phi) is 4.49. The molecule has 1 fully saturated rings. The van der Waals surface area contributed by atoms with E-state index >= 15 is 0 Å². The number of rotatable bonds is 3. The van der Waals surface area contributed by atoms with Gasteiger partial charge in [0, 0.05) is 23.7 Å². The molecule has 27 heavy (non-hydrogen) atoms. The Balaban J connectivity index is 1.39. The zero-order valence-electron chi connectivity index (χ0n) is 13.8. The quantitative estimate of drug-likeness (QED) is 0.723. The Bertz CT molecular complexity index is 984. The predicted molar refractivity (Wildman–Crippen MR) is 94.4 cm³/mol. The first-order valence-corrected chi connectivity index (χ1v) is 8.48. The molecule has 9 heteroatoms. The normalized spacial score (nSPS) is 14.1. The number of urea groups is 1. The molecule has 6 nitrogen and oxygen atoms in total. The highest BCUT2D eigenvalue weighted by Crippen LogP contribution is 2.29. The number of anilines is 1. The molecule has 1 aromatic heterocycles. The topological polar surface area (TPSA) is 71.3 Å². The van der Waals surface area contributed by atoms with Crippen molar-refractivity contribution in [2.75, 3.05) is 18.4 Å². The lowest BCUT2D eigenvalue weighted by atomic mass is 10.0. The van der Waals surface area contributed by atoms with E-state index in [0.29, 0.717) is 29.8 Å². The minimum Gasteiger partial charge on any atom is -0.339 e. The summed E-state index contributed by atoms with van der Waals surface area (Å²) in [4.78, 5) is 17.9. The number of hydrogen-bond acceptors (Lipinski definition) is 4. The molecule has 0 radical (unpaired) electrons. The van der Waals surface area contributed by atoms with Crippen molar-refractivity contribution in [3.8, 4) is 11.4 Å². The lowest BCUT2D eigenvalue weighted by molar-refractivity contribution is 0.147. The number of carbonyl (C=O) groups excluding carboxylic acids is 1. The molecule has 2 amide bonds. The number of nitrogens with zero attached hydrogens (tertiary/aromatic N) is 3. The molecule has 1 aliphatic heterocycles. The van der Waals surface area contributed by atoms with E-state index in [1.807, 2.05) is 6.07 Å². The number of benzene rings is 2. The maximum Gasteiger partial charge on any atom is 0.322 e. The van der Waals surface area contributed by atoms with Gasteiger partial charge in [-0.05, 0) is 24.3 Å². The van der Waals surface area contributed by atoms with Crippen molar-refractivity contribution in [2.24, 2.45) is 0 Å². The Morgan fingerprint density at radius 3 is 2.59 bits per heavy atom. The second-order valence-corrected chi connectivity index (χ2v) is 6.53. The lowest BCUT2D eigenvalue weighted by Gasteiger charge is -2.36. The third-order valence-electron chi connectivity index (χ3n) is 4.24. The van der Waals surface area contributed by atoms with Crippen LogP contribution in [0.25, 0.3) is 11.4 Å². The van der Waals surface area contributed by atoms with Gasteiger partial charge in [0.25, 0.3) is 0 Å². The van der Waals surface area contributed by atoms with Crippen molar-refractivity contribution in [2.45, 2.75) is 5.92 Å². The van der Waals surface area contributed by atoms with E-state index in [2.05, 4.69) is 15.5 Å². The number of halogens is 3. The van der Waals surface area contributed by atoms with Crippen LogP contribution in [0.5, 0.6) is 0 Å². The highest BCUT2D eigenvalue weighted by atomic mass is 35.5. The van der Waals surface area contributed by atoms with E-state index in [9.17, 15) is 13.6 Å². The zero-order chi connectivity index (χ0) is 19.0. The van der Waals surface area contributed by atoms with E-state index in [-0.39, 0.29) is 5.92 Å². The van der Waals surface area contributed by atoms with Gasteiger partial charge in [0.2, 0.25) is 11.7 Å². The van der Waals surface area contributed by atoms with Crippen LogP contribution in [-0.4, -0.2) is 34.2 Å². The van der Waals surface area contributed by atoms with Gasteiger partial charge in [0.1, 0.15) is 17.3 Å². The van der Waals surface area contributed by atoms with Crippen LogP contribution < -0.4 is 5.32 Å². The van der Waals surface area contributed by atoms with Crippen LogP contribution in [0, 0.1) is 11.6 Å². The highest BCUT2D eigenvalue weighted by molar-refractivity contribution is 6.30. The van der Waals surface area contributed by atoms with E-state index in [0.717, 1.165) is 17.7 Å². The lowest BCUT2D eigenvalue weighted by Crippen LogP contribution is -2.50. The maximum atomic E-state index is 13.6. The second kappa shape index (κ2) is 6.96. The first-order valence-electron chi connectivity index (χ1n) is 8.11. The average Bonchev–Trinajstić information content (AvgIpc) is 3.07. The molecule has 0 saturated carbocycles. The number of para-hydroxylation sites is 1. The Hall–Kier alpha value is -3.00. The van der Waals surface area contributed by atoms with Crippen LogP contribution >= 0.6 is 11.6 Å². The summed E-state index contributed by atoms with van der Waals surface area (Å²) in [6.07, 6.45) is 0. The molecule has 2 aromatic carbocycles. The van der Waals surface area contributed by atoms with Gasteiger partial charge in [0.15, 0.2) is 0 Å². The van der Waals surface area contributed by atoms with Crippen LogP contribution in [0.1, 0.15) is 11.8 Å². The molecule has 2 heterocycles. The molecule has 0 unspecified atom stereocenters. The SMILES string of the molecule is O=C(Nc1c(F)cccc1F)N1CC(c2nc(-c3cccc(Cl)c3)no2)C1. The zero-order valence-corrected chi connectivity index (χ0v) is 14.6. The van der Waals surface area contributed by atoms with Crippen molar-refractivity contribution in [3.05, 3.63) is 65.0 Å². The maximum absolute atomic E-state index is 13.6. The fraction of sp³-hybridized carbons (Fsp3) is 0.167. The number of nitrogens with one attached hydrogen (secondary N) is 1. The summed E-state index contributed by atoms with van der Waals surface area (Å²) in [5.41, 5.74) is 0.258. The van der Waals surface area contributed by atoms with E-state index < -0.39 is 23.4 Å². The summed E-state index contributed by atoms with van der Waals surface area (Å²) in [5, 5.41) is 6.73. The van der Waals surface area contributed by atoms with E-state index in [4.69, 9.17) is 16.1 Å². The minimum absolute atomic E-state index is 0.137. The first kappa shape index (κ1) is 17.4. The number of amides is 2. The standard InChI is InChI=1S/C18H13ClF2N4O2/c19-12-4-1-3-10(7-12)16-23-17(27-24-16)11-8-25(9-11)18(26)22-15-13(20)5-2-6-14(15)21/h1-7,11H,8-9H2,(H,22,26). The predicted octanol–water partition coefficient (Wildman–Crippen LogP) is 4.30. The fourth-order valence-electron chi connectivity index (χ4n) is 2.75. The molecule has 4 rings (SSSR count). The number of likely N-dealkylation sites (tertiary alicyclic amines) is 1. The molecule has 1 N–H and O–H groups in total. The number of carbonyl (C=O) groups is 1. The van der Waals surface area contributed by atoms with Crippen molar-refractivity contribution in [1.29, 1.82) is 0 Å². The van der Waals surface area contributed by atoms with Crippen LogP contribution in [0.4, 0.5) is 19.3 Å². The number of hydrogen-bond donors (Lipinski definition) is 1. The van der Waals surface area contributed by atoms with Crippen molar-refractivity contribution in [1.82, 2.24) is 15.0 Å². The van der Waals surface area contributed by atoms with Gasteiger partial charge < -0.3 is 14.7 Å². The number of aromatic nitrogens is 2. The molecule has 3 aromatic rings. The highest BCUT2D eigenvalue weighted by Gasteiger charge is 2.36. The summed E-state index contributed by atoms with van der Waals surface area (Å²) in [6, 6.07) is 9.85. The van der Waals surface area contributed by atoms with Gasteiger partial charge in [-0.25, -0.2) is 13.6 Å². The van der Waals surface area contributed by atoms with Crippen LogP contribution in [0.2, 0.25) is 5.02 Å². The molecule has 1 aliphatic rings. The molecule has 0 spiro atoms. The minimum atomic E-state index is -0.830. The average molecular weight is 391 g/mol. The molecular formula is C18H13ClF2N4O2. The molecule has 0 bridgehead atoms. The van der Waals surface area contributed by atoms with Gasteiger partial charge in [-0.3, -0.25) is 0 Å². The molecule has 1 saturated heterocycles. The third-order valence-corrected chi connectivity index (χ3v) is 4.47. The van der Waals surface area contributed by atoms with Gasteiger partial charge in [-0.2, -0.15) is 4.98 Å². The Morgan fingerprint density at radius 1 is 1.19 bits per heavy atom. The van der Waals surface area contributed by atoms with E-state index in [1.54, 1.807) is 18.2 Å². The van der Waals surface area contributed by atoms with Gasteiger partial charge in [-0.15, -0.1) is 0 Å². The van der Waals surface area contributed by atoms with Gasteiger partial charge >= 0.3 is 6.03 Å². The summed E-state index contributed by atoms with van der Waals surface area (Å²) in [6.45, 7) is 0.609. The van der Waals surface area contributed by atoms with Crippen LogP contribution in [0.3, 0.4) is 0 Å². The van der Waals surface area contributed by atoms with Crippen LogP contribution in [0.15, 0.2) is 47.0 Å². The summed E-state index contributed by atoms with van der Waals surface area (Å²) in [7, 11) is 0. The van der Waals surface area contributed by atoms with Crippen molar-refractivity contribution < 1.29 is 18.1 Å². The molecule has 0 aliphatic carbocycles. The largest absolute Gasteiger partial charge is 0.339 e. The van der Waals surface area contributed by atoms with Gasteiger partial charge in [-0.1, -0.05) is 35.0 Å². The van der Waals surface area contributed by atoms with Crippen molar-refractivity contribution >= 4 is 23.3 Å². The summed E-state index contributed by atoms with van der Waals surface area (Å²) < 4.78 is 32.5.